The minimum Gasteiger partial charge on any atom is -0.312 e. The van der Waals surface area contributed by atoms with Crippen LogP contribution in [0.25, 0.3) is 0 Å². The monoisotopic (exact) mass is 304 g/mol. The van der Waals surface area contributed by atoms with E-state index in [1.54, 1.807) is 6.07 Å². The first-order chi connectivity index (χ1) is 9.01. The van der Waals surface area contributed by atoms with Crippen LogP contribution in [-0.4, -0.2) is 21.0 Å². The smallest absolute Gasteiger partial charge is 0.241 e. The van der Waals surface area contributed by atoms with Gasteiger partial charge in [0.05, 0.1) is 4.90 Å². The van der Waals surface area contributed by atoms with Crippen molar-refractivity contribution in [1.29, 1.82) is 0 Å². The molecule has 0 aromatic carbocycles. The Morgan fingerprint density at radius 1 is 1.37 bits per heavy atom. The van der Waals surface area contributed by atoms with Gasteiger partial charge in [0.2, 0.25) is 10.0 Å². The van der Waals surface area contributed by atoms with Crippen molar-refractivity contribution in [3.05, 3.63) is 16.3 Å². The summed E-state index contributed by atoms with van der Waals surface area (Å²) in [5.41, 5.74) is 0. The number of rotatable bonds is 9. The molecule has 110 valence electrons. The van der Waals surface area contributed by atoms with Crippen molar-refractivity contribution in [2.24, 2.45) is 0 Å². The van der Waals surface area contributed by atoms with Gasteiger partial charge in [-0.1, -0.05) is 26.7 Å². The first-order valence-electron chi connectivity index (χ1n) is 6.80. The molecule has 0 fully saturated rings. The summed E-state index contributed by atoms with van der Waals surface area (Å²) in [6, 6.07) is 1.67. The molecule has 1 atom stereocenters. The molecule has 1 aromatic heterocycles. The van der Waals surface area contributed by atoms with E-state index in [4.69, 9.17) is 0 Å². The third-order valence-corrected chi connectivity index (χ3v) is 5.60. The second-order valence-electron chi connectivity index (χ2n) is 4.65. The number of sulfonamides is 1. The molecule has 1 unspecified atom stereocenters. The van der Waals surface area contributed by atoms with E-state index in [0.29, 0.717) is 11.4 Å². The Kier molecular flexibility index (Phi) is 6.99. The maximum absolute atomic E-state index is 12.3. The van der Waals surface area contributed by atoms with Crippen LogP contribution in [0.3, 0.4) is 0 Å². The van der Waals surface area contributed by atoms with Gasteiger partial charge in [-0.2, -0.15) is 0 Å². The van der Waals surface area contributed by atoms with E-state index in [9.17, 15) is 8.42 Å². The summed E-state index contributed by atoms with van der Waals surface area (Å²) in [4.78, 5) is 1.29. The lowest BCUT2D eigenvalue weighted by atomic mass is 10.2. The van der Waals surface area contributed by atoms with Crippen molar-refractivity contribution >= 4 is 21.4 Å². The van der Waals surface area contributed by atoms with E-state index in [1.807, 2.05) is 19.2 Å². The highest BCUT2D eigenvalue weighted by atomic mass is 32.2. The maximum Gasteiger partial charge on any atom is 0.241 e. The molecule has 0 aliphatic heterocycles. The van der Waals surface area contributed by atoms with Crippen LogP contribution in [0.1, 0.15) is 44.9 Å². The van der Waals surface area contributed by atoms with Gasteiger partial charge in [0.15, 0.2) is 0 Å². The quantitative estimate of drug-likeness (QED) is 0.737. The second kappa shape index (κ2) is 7.99. The maximum atomic E-state index is 12.3. The van der Waals surface area contributed by atoms with E-state index < -0.39 is 10.0 Å². The van der Waals surface area contributed by atoms with Gasteiger partial charge >= 0.3 is 0 Å². The lowest BCUT2D eigenvalue weighted by Crippen LogP contribution is -2.33. The largest absolute Gasteiger partial charge is 0.312 e. The van der Waals surface area contributed by atoms with Crippen LogP contribution in [0.5, 0.6) is 0 Å². The Morgan fingerprint density at radius 3 is 2.74 bits per heavy atom. The van der Waals surface area contributed by atoms with Gasteiger partial charge in [-0.25, -0.2) is 13.1 Å². The minimum atomic E-state index is -3.39. The molecular formula is C13H24N2O2S2. The van der Waals surface area contributed by atoms with E-state index in [0.717, 1.165) is 30.7 Å². The Hall–Kier alpha value is -0.430. The summed E-state index contributed by atoms with van der Waals surface area (Å²) in [7, 11) is -3.39. The van der Waals surface area contributed by atoms with Crippen LogP contribution in [0.4, 0.5) is 0 Å². The summed E-state index contributed by atoms with van der Waals surface area (Å²) in [6.07, 6.45) is 3.00. The van der Waals surface area contributed by atoms with Crippen LogP contribution >= 0.6 is 11.3 Å². The summed E-state index contributed by atoms with van der Waals surface area (Å²) < 4.78 is 27.4. The van der Waals surface area contributed by atoms with Crippen molar-refractivity contribution in [3.8, 4) is 0 Å². The van der Waals surface area contributed by atoms with Crippen molar-refractivity contribution in [1.82, 2.24) is 10.0 Å². The number of hydrogen-bond donors (Lipinski definition) is 2. The number of hydrogen-bond acceptors (Lipinski definition) is 4. The zero-order chi connectivity index (χ0) is 14.3. The molecule has 0 aliphatic rings. The molecule has 0 spiro atoms. The molecule has 6 heteroatoms. The van der Waals surface area contributed by atoms with Crippen LogP contribution in [0.15, 0.2) is 16.3 Å². The molecule has 0 bridgehead atoms. The predicted molar refractivity (Wildman–Crippen MR) is 81.0 cm³/mol. The molecule has 0 saturated carbocycles. The summed E-state index contributed by atoms with van der Waals surface area (Å²) in [6.45, 7) is 7.47. The Labute approximate surface area is 120 Å². The van der Waals surface area contributed by atoms with Crippen molar-refractivity contribution in [2.75, 3.05) is 6.54 Å². The normalized spacial score (nSPS) is 13.6. The van der Waals surface area contributed by atoms with Gasteiger partial charge in [0.1, 0.15) is 0 Å². The van der Waals surface area contributed by atoms with Crippen LogP contribution < -0.4 is 10.0 Å². The van der Waals surface area contributed by atoms with E-state index in [2.05, 4.69) is 17.0 Å². The third-order valence-electron chi connectivity index (χ3n) is 2.88. The molecule has 4 nitrogen and oxygen atoms in total. The Balaban J connectivity index is 2.74. The summed E-state index contributed by atoms with van der Waals surface area (Å²) >= 11 is 1.48. The van der Waals surface area contributed by atoms with E-state index in [1.165, 1.54) is 11.3 Å². The van der Waals surface area contributed by atoms with E-state index in [-0.39, 0.29) is 6.04 Å². The van der Waals surface area contributed by atoms with Gasteiger partial charge in [-0.15, -0.1) is 11.3 Å². The van der Waals surface area contributed by atoms with Gasteiger partial charge in [0.25, 0.3) is 0 Å². The van der Waals surface area contributed by atoms with Crippen molar-refractivity contribution in [2.45, 2.75) is 57.5 Å². The lowest BCUT2D eigenvalue weighted by Gasteiger charge is -2.14. The second-order valence-corrected chi connectivity index (χ2v) is 7.34. The van der Waals surface area contributed by atoms with Gasteiger partial charge in [-0.05, 0) is 31.3 Å². The zero-order valence-corrected chi connectivity index (χ0v) is 13.5. The number of unbranched alkanes of at least 4 members (excludes halogenated alkanes) is 1. The highest BCUT2D eigenvalue weighted by Crippen LogP contribution is 2.22. The molecule has 0 aliphatic carbocycles. The van der Waals surface area contributed by atoms with Crippen molar-refractivity contribution in [3.63, 3.8) is 0 Å². The molecule has 1 heterocycles. The standard InChI is InChI=1S/C13H24N2O2S2/c1-4-6-7-11(3)15-19(16,17)13-8-9-18-12(13)10-14-5-2/h8-9,11,14-15H,4-7,10H2,1-3H3. The molecule has 19 heavy (non-hydrogen) atoms. The fourth-order valence-corrected chi connectivity index (χ4v) is 4.52. The first-order valence-corrected chi connectivity index (χ1v) is 9.17. The van der Waals surface area contributed by atoms with Gasteiger partial charge in [0, 0.05) is 17.5 Å². The summed E-state index contributed by atoms with van der Waals surface area (Å²) in [5, 5.41) is 5.00. The molecule has 2 N–H and O–H groups in total. The average molecular weight is 304 g/mol. The minimum absolute atomic E-state index is 0.0168. The lowest BCUT2D eigenvalue weighted by molar-refractivity contribution is 0.533. The topological polar surface area (TPSA) is 58.2 Å². The molecule has 0 amide bonds. The molecular weight excluding hydrogens is 280 g/mol. The SMILES string of the molecule is CCCCC(C)NS(=O)(=O)c1ccsc1CNCC. The molecule has 1 rings (SSSR count). The highest BCUT2D eigenvalue weighted by molar-refractivity contribution is 7.89. The van der Waals surface area contributed by atoms with Crippen LogP contribution in [0, 0.1) is 0 Å². The fraction of sp³-hybridized carbons (Fsp3) is 0.692. The number of nitrogens with one attached hydrogen (secondary N) is 2. The van der Waals surface area contributed by atoms with Crippen molar-refractivity contribution < 1.29 is 8.42 Å². The predicted octanol–water partition coefficient (Wildman–Crippen LogP) is 2.71. The fourth-order valence-electron chi connectivity index (χ4n) is 1.83. The summed E-state index contributed by atoms with van der Waals surface area (Å²) in [5.74, 6) is 0. The van der Waals surface area contributed by atoms with Gasteiger partial charge in [-0.3, -0.25) is 0 Å². The Morgan fingerprint density at radius 2 is 2.11 bits per heavy atom. The molecule has 0 radical (unpaired) electrons. The first kappa shape index (κ1) is 16.6. The van der Waals surface area contributed by atoms with Crippen LogP contribution in [-0.2, 0) is 16.6 Å². The average Bonchev–Trinajstić information content (AvgIpc) is 2.82. The van der Waals surface area contributed by atoms with Gasteiger partial charge < -0.3 is 5.32 Å². The molecule has 1 aromatic rings. The number of thiophene rings is 1. The van der Waals surface area contributed by atoms with Crippen LogP contribution in [0.2, 0.25) is 0 Å². The Bertz CT molecular complexity index is 469. The zero-order valence-electron chi connectivity index (χ0n) is 11.9. The molecule has 0 saturated heterocycles. The third kappa shape index (κ3) is 5.22. The highest BCUT2D eigenvalue weighted by Gasteiger charge is 2.21. The van der Waals surface area contributed by atoms with E-state index >= 15 is 0 Å².